The molecule has 1 aromatic carbocycles. The van der Waals surface area contributed by atoms with Gasteiger partial charge < -0.3 is 14.6 Å². The predicted octanol–water partition coefficient (Wildman–Crippen LogP) is 2.03. The highest BCUT2D eigenvalue weighted by Gasteiger charge is 2.31. The third kappa shape index (κ3) is 3.51. The molecular weight excluding hydrogens is 318 g/mol. The third-order valence-corrected chi connectivity index (χ3v) is 4.94. The van der Waals surface area contributed by atoms with E-state index in [0.29, 0.717) is 18.3 Å². The van der Waals surface area contributed by atoms with E-state index in [1.807, 2.05) is 29.2 Å². The molecule has 2 saturated heterocycles. The molecule has 25 heavy (non-hydrogen) atoms. The number of likely N-dealkylation sites (tertiary alicyclic amines) is 1. The molecule has 1 atom stereocenters. The van der Waals surface area contributed by atoms with Crippen molar-refractivity contribution in [3.63, 3.8) is 0 Å². The summed E-state index contributed by atoms with van der Waals surface area (Å²) < 4.78 is 5.84. The van der Waals surface area contributed by atoms with Crippen LogP contribution in [0.25, 0.3) is 11.5 Å². The van der Waals surface area contributed by atoms with E-state index in [-0.39, 0.29) is 12.1 Å². The molecule has 2 fully saturated rings. The Bertz CT molecular complexity index is 742. The van der Waals surface area contributed by atoms with Gasteiger partial charge in [0.15, 0.2) is 0 Å². The zero-order valence-electron chi connectivity index (χ0n) is 14.4. The zero-order valence-corrected chi connectivity index (χ0v) is 14.4. The van der Waals surface area contributed by atoms with Gasteiger partial charge in [0.25, 0.3) is 0 Å². The largest absolute Gasteiger partial charge is 0.419 e. The Hall–Kier alpha value is -2.41. The highest BCUT2D eigenvalue weighted by atomic mass is 16.4. The minimum absolute atomic E-state index is 0.0614. The number of carbonyl (C=O) groups is 1. The van der Waals surface area contributed by atoms with Crippen molar-refractivity contribution < 1.29 is 9.21 Å². The van der Waals surface area contributed by atoms with E-state index in [0.717, 1.165) is 44.6 Å². The number of urea groups is 1. The lowest BCUT2D eigenvalue weighted by molar-refractivity contribution is 0.115. The summed E-state index contributed by atoms with van der Waals surface area (Å²) in [7, 11) is 0. The Morgan fingerprint density at radius 1 is 1.24 bits per heavy atom. The molecule has 2 aliphatic rings. The van der Waals surface area contributed by atoms with Crippen molar-refractivity contribution in [1.29, 1.82) is 0 Å². The second kappa shape index (κ2) is 6.84. The standard InChI is InChI=1S/C18H23N5O2/c1-13-4-6-14(7-5-13)17-21-20-16(25-17)12-22-9-2-3-15(11-22)23-10-8-19-18(23)24/h4-7,15H,2-3,8-12H2,1H3,(H,19,24). The SMILES string of the molecule is Cc1ccc(-c2nnc(CN3CCCC(N4CCNC4=O)C3)o2)cc1. The monoisotopic (exact) mass is 341 g/mol. The average Bonchev–Trinajstić information content (AvgIpc) is 3.25. The molecule has 0 spiro atoms. The summed E-state index contributed by atoms with van der Waals surface area (Å²) in [5.41, 5.74) is 2.14. The van der Waals surface area contributed by atoms with Crippen LogP contribution in [-0.2, 0) is 6.54 Å². The van der Waals surface area contributed by atoms with Gasteiger partial charge in [-0.2, -0.15) is 0 Å². The molecule has 2 amide bonds. The fraction of sp³-hybridized carbons (Fsp3) is 0.500. The van der Waals surface area contributed by atoms with Gasteiger partial charge in [0.1, 0.15) is 0 Å². The first-order chi connectivity index (χ1) is 12.2. The van der Waals surface area contributed by atoms with Gasteiger partial charge in [0.05, 0.1) is 6.54 Å². The topological polar surface area (TPSA) is 74.5 Å². The number of amides is 2. The minimum atomic E-state index is 0.0614. The van der Waals surface area contributed by atoms with Gasteiger partial charge in [-0.3, -0.25) is 4.90 Å². The maximum Gasteiger partial charge on any atom is 0.317 e. The normalized spacial score (nSPS) is 21.6. The molecule has 7 heteroatoms. The molecule has 0 aliphatic carbocycles. The van der Waals surface area contributed by atoms with Crippen LogP contribution < -0.4 is 5.32 Å². The molecule has 1 unspecified atom stereocenters. The second-order valence-corrected chi connectivity index (χ2v) is 6.82. The Morgan fingerprint density at radius 2 is 2.08 bits per heavy atom. The summed E-state index contributed by atoms with van der Waals surface area (Å²) in [5, 5.41) is 11.3. The first-order valence-electron chi connectivity index (χ1n) is 8.85. The Morgan fingerprint density at radius 3 is 2.84 bits per heavy atom. The highest BCUT2D eigenvalue weighted by Crippen LogP contribution is 2.22. The molecule has 4 rings (SSSR count). The van der Waals surface area contributed by atoms with E-state index < -0.39 is 0 Å². The number of hydrogen-bond donors (Lipinski definition) is 1. The number of aryl methyl sites for hydroxylation is 1. The van der Waals surface area contributed by atoms with E-state index in [4.69, 9.17) is 4.42 Å². The van der Waals surface area contributed by atoms with E-state index in [1.54, 1.807) is 0 Å². The number of carbonyl (C=O) groups excluding carboxylic acids is 1. The van der Waals surface area contributed by atoms with Crippen LogP contribution in [0.3, 0.4) is 0 Å². The molecule has 7 nitrogen and oxygen atoms in total. The Kier molecular flexibility index (Phi) is 4.40. The summed E-state index contributed by atoms with van der Waals surface area (Å²) >= 11 is 0. The predicted molar refractivity (Wildman–Crippen MR) is 92.9 cm³/mol. The fourth-order valence-corrected chi connectivity index (χ4v) is 3.59. The van der Waals surface area contributed by atoms with Gasteiger partial charge in [-0.15, -0.1) is 10.2 Å². The lowest BCUT2D eigenvalue weighted by Crippen LogP contribution is -2.48. The average molecular weight is 341 g/mol. The van der Waals surface area contributed by atoms with Crippen molar-refractivity contribution in [1.82, 2.24) is 25.3 Å². The maximum absolute atomic E-state index is 11.9. The zero-order chi connectivity index (χ0) is 17.2. The van der Waals surface area contributed by atoms with Crippen molar-refractivity contribution >= 4 is 6.03 Å². The maximum atomic E-state index is 11.9. The molecule has 0 saturated carbocycles. The van der Waals surface area contributed by atoms with E-state index in [2.05, 4.69) is 27.3 Å². The molecule has 1 aromatic heterocycles. The molecule has 2 aromatic rings. The number of benzene rings is 1. The summed E-state index contributed by atoms with van der Waals surface area (Å²) in [6, 6.07) is 8.40. The highest BCUT2D eigenvalue weighted by molar-refractivity contribution is 5.76. The summed E-state index contributed by atoms with van der Waals surface area (Å²) in [5.74, 6) is 1.18. The Balaban J connectivity index is 1.40. The van der Waals surface area contributed by atoms with Crippen LogP contribution in [-0.4, -0.2) is 58.2 Å². The summed E-state index contributed by atoms with van der Waals surface area (Å²) in [6.07, 6.45) is 2.13. The van der Waals surface area contributed by atoms with Gasteiger partial charge in [0, 0.05) is 31.2 Å². The van der Waals surface area contributed by atoms with Crippen LogP contribution in [0.2, 0.25) is 0 Å². The second-order valence-electron chi connectivity index (χ2n) is 6.82. The number of nitrogens with zero attached hydrogens (tertiary/aromatic N) is 4. The third-order valence-electron chi connectivity index (χ3n) is 4.94. The first-order valence-corrected chi connectivity index (χ1v) is 8.85. The van der Waals surface area contributed by atoms with Crippen LogP contribution >= 0.6 is 0 Å². The van der Waals surface area contributed by atoms with Crippen molar-refractivity contribution in [2.75, 3.05) is 26.2 Å². The van der Waals surface area contributed by atoms with Crippen LogP contribution in [0, 0.1) is 6.92 Å². The van der Waals surface area contributed by atoms with Gasteiger partial charge in [-0.25, -0.2) is 4.79 Å². The number of piperidine rings is 1. The van der Waals surface area contributed by atoms with Gasteiger partial charge in [-0.05, 0) is 38.4 Å². The van der Waals surface area contributed by atoms with Crippen molar-refractivity contribution in [3.05, 3.63) is 35.7 Å². The van der Waals surface area contributed by atoms with Crippen molar-refractivity contribution in [2.24, 2.45) is 0 Å². The summed E-state index contributed by atoms with van der Waals surface area (Å²) in [4.78, 5) is 16.1. The molecule has 0 bridgehead atoms. The molecular formula is C18H23N5O2. The lowest BCUT2D eigenvalue weighted by atomic mass is 10.0. The fourth-order valence-electron chi connectivity index (χ4n) is 3.59. The molecule has 1 N–H and O–H groups in total. The molecule has 132 valence electrons. The van der Waals surface area contributed by atoms with Crippen molar-refractivity contribution in [2.45, 2.75) is 32.4 Å². The molecule has 0 radical (unpaired) electrons. The number of rotatable bonds is 4. The van der Waals surface area contributed by atoms with Crippen LogP contribution in [0.5, 0.6) is 0 Å². The van der Waals surface area contributed by atoms with Gasteiger partial charge in [0.2, 0.25) is 11.8 Å². The Labute approximate surface area is 147 Å². The first kappa shape index (κ1) is 16.1. The van der Waals surface area contributed by atoms with E-state index >= 15 is 0 Å². The van der Waals surface area contributed by atoms with E-state index in [1.165, 1.54) is 5.56 Å². The molecule has 2 aliphatic heterocycles. The quantitative estimate of drug-likeness (QED) is 0.921. The number of nitrogens with one attached hydrogen (secondary N) is 1. The smallest absolute Gasteiger partial charge is 0.317 e. The van der Waals surface area contributed by atoms with E-state index in [9.17, 15) is 4.79 Å². The number of aromatic nitrogens is 2. The van der Waals surface area contributed by atoms with Gasteiger partial charge >= 0.3 is 6.03 Å². The molecule has 3 heterocycles. The van der Waals surface area contributed by atoms with Crippen molar-refractivity contribution in [3.8, 4) is 11.5 Å². The number of hydrogen-bond acceptors (Lipinski definition) is 5. The minimum Gasteiger partial charge on any atom is -0.419 e. The summed E-state index contributed by atoms with van der Waals surface area (Å²) in [6.45, 7) is 6.08. The van der Waals surface area contributed by atoms with Crippen LogP contribution in [0.1, 0.15) is 24.3 Å². The van der Waals surface area contributed by atoms with Gasteiger partial charge in [-0.1, -0.05) is 17.7 Å². The van der Waals surface area contributed by atoms with Crippen LogP contribution in [0.4, 0.5) is 4.79 Å². The lowest BCUT2D eigenvalue weighted by Gasteiger charge is -2.36. The van der Waals surface area contributed by atoms with Crippen LogP contribution in [0.15, 0.2) is 28.7 Å².